The van der Waals surface area contributed by atoms with Crippen molar-refractivity contribution in [1.82, 2.24) is 5.32 Å². The van der Waals surface area contributed by atoms with Crippen LogP contribution in [0.3, 0.4) is 0 Å². The molecule has 1 N–H and O–H groups in total. The Morgan fingerprint density at radius 2 is 1.58 bits per heavy atom. The topological polar surface area (TPSA) is 128 Å². The van der Waals surface area contributed by atoms with Crippen LogP contribution in [0.2, 0.25) is 0 Å². The van der Waals surface area contributed by atoms with Gasteiger partial charge in [-0.05, 0) is 30.5 Å². The molecule has 0 aromatic heterocycles. The number of anilines is 1. The third kappa shape index (κ3) is 6.62. The van der Waals surface area contributed by atoms with Crippen LogP contribution in [0, 0.1) is 20.2 Å². The molecule has 1 heterocycles. The lowest BCUT2D eigenvalue weighted by Crippen LogP contribution is -2.39. The second-order valence-electron chi connectivity index (χ2n) is 7.35. The van der Waals surface area contributed by atoms with Crippen molar-refractivity contribution in [3.05, 3.63) is 73.8 Å². The molecule has 0 unspecified atom stereocenters. The Bertz CT molecular complexity index is 1000. The maximum Gasteiger partial charge on any atom is 0.522 e. The third-order valence-corrected chi connectivity index (χ3v) is 5.08. The number of hydrogen-bond donors (Lipinski definition) is 1. The van der Waals surface area contributed by atoms with Gasteiger partial charge in [0.15, 0.2) is 0 Å². The molecule has 3 rings (SSSR count). The van der Waals surface area contributed by atoms with Crippen molar-refractivity contribution in [1.29, 1.82) is 0 Å². The molecule has 0 radical (unpaired) electrons. The van der Waals surface area contributed by atoms with Gasteiger partial charge in [0.2, 0.25) is 0 Å². The number of alkyl halides is 3. The summed E-state index contributed by atoms with van der Waals surface area (Å²) in [5.74, 6) is -0.711. The number of benzene rings is 2. The number of amides is 1. The van der Waals surface area contributed by atoms with Crippen LogP contribution in [0.4, 0.5) is 30.2 Å². The van der Waals surface area contributed by atoms with Crippen LogP contribution in [0.5, 0.6) is 0 Å². The Labute approximate surface area is 185 Å². The van der Waals surface area contributed by atoms with E-state index in [1.807, 2.05) is 4.90 Å². The van der Waals surface area contributed by atoms with E-state index in [0.717, 1.165) is 23.9 Å². The van der Waals surface area contributed by atoms with E-state index in [4.69, 9.17) is 0 Å². The fourth-order valence-electron chi connectivity index (χ4n) is 3.47. The molecule has 33 heavy (non-hydrogen) atoms. The molecule has 0 bridgehead atoms. The van der Waals surface area contributed by atoms with Gasteiger partial charge in [0.25, 0.3) is 17.3 Å². The van der Waals surface area contributed by atoms with Crippen molar-refractivity contribution in [2.45, 2.75) is 31.9 Å². The van der Waals surface area contributed by atoms with Crippen molar-refractivity contribution in [2.24, 2.45) is 0 Å². The standard InChI is InChI=1S/C20H19F3N4O6/c21-20(22,23)33-18-5-7-25(8-6-18)15-3-1-13(2-4-15)12-24-19(28)14-9-16(26(29)30)11-17(10-14)27(31)32/h1-4,9-11,18H,5-8,12H2,(H,24,28). The minimum absolute atomic E-state index is 0.0666. The number of carbonyl (C=O) groups is 1. The van der Waals surface area contributed by atoms with E-state index in [2.05, 4.69) is 10.1 Å². The summed E-state index contributed by atoms with van der Waals surface area (Å²) >= 11 is 0. The predicted molar refractivity (Wildman–Crippen MR) is 110 cm³/mol. The summed E-state index contributed by atoms with van der Waals surface area (Å²) in [6.07, 6.45) is -5.02. The third-order valence-electron chi connectivity index (χ3n) is 5.08. The van der Waals surface area contributed by atoms with Gasteiger partial charge in [-0.1, -0.05) is 12.1 Å². The zero-order valence-electron chi connectivity index (χ0n) is 17.1. The molecule has 10 nitrogen and oxygen atoms in total. The van der Waals surface area contributed by atoms with E-state index in [9.17, 15) is 38.2 Å². The van der Waals surface area contributed by atoms with Gasteiger partial charge in [0, 0.05) is 37.5 Å². The summed E-state index contributed by atoms with van der Waals surface area (Å²) in [6.45, 7) is 0.877. The lowest BCUT2D eigenvalue weighted by molar-refractivity contribution is -0.394. The lowest BCUT2D eigenvalue weighted by Gasteiger charge is -2.33. The minimum atomic E-state index is -4.64. The van der Waals surface area contributed by atoms with Gasteiger partial charge in [-0.2, -0.15) is 0 Å². The van der Waals surface area contributed by atoms with E-state index in [-0.39, 0.29) is 24.9 Å². The van der Waals surface area contributed by atoms with Crippen molar-refractivity contribution >= 4 is 23.0 Å². The zero-order valence-corrected chi connectivity index (χ0v) is 17.1. The van der Waals surface area contributed by atoms with Crippen molar-refractivity contribution in [2.75, 3.05) is 18.0 Å². The van der Waals surface area contributed by atoms with Crippen LogP contribution in [-0.2, 0) is 11.3 Å². The minimum Gasteiger partial charge on any atom is -0.371 e. The molecule has 2 aromatic rings. The number of nitrogens with one attached hydrogen (secondary N) is 1. The number of piperidine rings is 1. The predicted octanol–water partition coefficient (Wildman–Crippen LogP) is 3.94. The van der Waals surface area contributed by atoms with E-state index in [1.165, 1.54) is 0 Å². The Kier molecular flexibility index (Phi) is 7.11. The highest BCUT2D eigenvalue weighted by Gasteiger charge is 2.35. The second-order valence-corrected chi connectivity index (χ2v) is 7.35. The number of rotatable bonds is 7. The summed E-state index contributed by atoms with van der Waals surface area (Å²) in [4.78, 5) is 34.6. The SMILES string of the molecule is O=C(NCc1ccc(N2CCC(OC(F)(F)F)CC2)cc1)c1cc([N+](=O)[O-])cc([N+](=O)[O-])c1. The first-order chi connectivity index (χ1) is 15.5. The van der Waals surface area contributed by atoms with Crippen LogP contribution in [0.15, 0.2) is 42.5 Å². The Hall–Kier alpha value is -3.74. The van der Waals surface area contributed by atoms with E-state index in [1.54, 1.807) is 24.3 Å². The normalized spacial score (nSPS) is 14.7. The summed E-state index contributed by atoms with van der Waals surface area (Å²) in [5.41, 5.74) is 0.162. The van der Waals surface area contributed by atoms with E-state index in [0.29, 0.717) is 18.7 Å². The Morgan fingerprint density at radius 3 is 2.06 bits per heavy atom. The van der Waals surface area contributed by atoms with Gasteiger partial charge >= 0.3 is 6.36 Å². The molecular formula is C20H19F3N4O6. The maximum atomic E-state index is 12.4. The molecule has 0 aliphatic carbocycles. The first-order valence-electron chi connectivity index (χ1n) is 9.82. The van der Waals surface area contributed by atoms with Gasteiger partial charge in [0.1, 0.15) is 0 Å². The van der Waals surface area contributed by atoms with E-state index < -0.39 is 39.6 Å². The van der Waals surface area contributed by atoms with Gasteiger partial charge in [-0.15, -0.1) is 13.2 Å². The monoisotopic (exact) mass is 468 g/mol. The molecule has 0 spiro atoms. The van der Waals surface area contributed by atoms with Gasteiger partial charge in [0.05, 0.1) is 27.6 Å². The summed E-state index contributed by atoms with van der Waals surface area (Å²) in [6, 6.07) is 9.67. The number of nitrogens with zero attached hydrogens (tertiary/aromatic N) is 3. The van der Waals surface area contributed by atoms with Crippen LogP contribution in [-0.4, -0.2) is 41.3 Å². The van der Waals surface area contributed by atoms with Gasteiger partial charge < -0.3 is 10.2 Å². The van der Waals surface area contributed by atoms with E-state index >= 15 is 0 Å². The maximum absolute atomic E-state index is 12.4. The molecular weight excluding hydrogens is 449 g/mol. The van der Waals surface area contributed by atoms with Gasteiger partial charge in [-0.25, -0.2) is 0 Å². The highest BCUT2D eigenvalue weighted by atomic mass is 19.4. The lowest BCUT2D eigenvalue weighted by atomic mass is 10.1. The Morgan fingerprint density at radius 1 is 1.03 bits per heavy atom. The molecule has 1 aliphatic rings. The number of nitro groups is 2. The second kappa shape index (κ2) is 9.81. The average molecular weight is 468 g/mol. The fourth-order valence-corrected chi connectivity index (χ4v) is 3.47. The highest BCUT2D eigenvalue weighted by Crippen LogP contribution is 2.27. The number of halogens is 3. The van der Waals surface area contributed by atoms with Crippen molar-refractivity contribution in [3.63, 3.8) is 0 Å². The first-order valence-corrected chi connectivity index (χ1v) is 9.82. The average Bonchev–Trinajstić information content (AvgIpc) is 2.77. The number of carbonyl (C=O) groups excluding carboxylic acids is 1. The summed E-state index contributed by atoms with van der Waals surface area (Å²) < 4.78 is 41.1. The molecule has 0 saturated carbocycles. The van der Waals surface area contributed by atoms with Crippen molar-refractivity contribution in [3.8, 4) is 0 Å². The zero-order chi connectivity index (χ0) is 24.2. The molecule has 176 valence electrons. The van der Waals surface area contributed by atoms with Crippen LogP contribution < -0.4 is 10.2 Å². The van der Waals surface area contributed by atoms with Crippen molar-refractivity contribution < 1.29 is 32.5 Å². The molecule has 1 fully saturated rings. The van der Waals surface area contributed by atoms with Crippen LogP contribution in [0.25, 0.3) is 0 Å². The van der Waals surface area contributed by atoms with Crippen LogP contribution >= 0.6 is 0 Å². The fraction of sp³-hybridized carbons (Fsp3) is 0.350. The van der Waals surface area contributed by atoms with Gasteiger partial charge in [-0.3, -0.25) is 29.8 Å². The molecule has 1 aliphatic heterocycles. The molecule has 13 heteroatoms. The number of ether oxygens (including phenoxy) is 1. The summed E-state index contributed by atoms with van der Waals surface area (Å²) in [5, 5.41) is 24.5. The number of hydrogen-bond acceptors (Lipinski definition) is 7. The molecule has 0 atom stereocenters. The number of non-ortho nitro benzene ring substituents is 2. The van der Waals surface area contributed by atoms with Crippen LogP contribution in [0.1, 0.15) is 28.8 Å². The Balaban J connectivity index is 1.57. The largest absolute Gasteiger partial charge is 0.522 e. The quantitative estimate of drug-likeness (QED) is 0.482. The molecule has 1 saturated heterocycles. The molecule has 2 aromatic carbocycles. The highest BCUT2D eigenvalue weighted by molar-refractivity contribution is 5.95. The first kappa shape index (κ1) is 23.9. The number of nitro benzene ring substituents is 2. The smallest absolute Gasteiger partial charge is 0.371 e. The molecule has 1 amide bonds. The summed E-state index contributed by atoms with van der Waals surface area (Å²) in [7, 11) is 0.